The Kier molecular flexibility index (Phi) is 8.66. The fourth-order valence-corrected chi connectivity index (χ4v) is 5.40. The third kappa shape index (κ3) is 7.53. The van der Waals surface area contributed by atoms with Crippen LogP contribution in [0, 0.1) is 11.8 Å². The fraction of sp³-hybridized carbons (Fsp3) is 0.562. The summed E-state index contributed by atoms with van der Waals surface area (Å²) in [7, 11) is 0. The van der Waals surface area contributed by atoms with Crippen LogP contribution in [0.1, 0.15) is 102 Å². The summed E-state index contributed by atoms with van der Waals surface area (Å²) in [6.45, 7) is 10.8. The summed E-state index contributed by atoms with van der Waals surface area (Å²) in [5, 5.41) is 18.3. The van der Waals surface area contributed by atoms with Crippen LogP contribution in [0.25, 0.3) is 11.5 Å². The van der Waals surface area contributed by atoms with Gasteiger partial charge in [-0.1, -0.05) is 0 Å². The number of aromatic nitrogens is 4. The minimum absolute atomic E-state index is 0.0387. The van der Waals surface area contributed by atoms with Crippen LogP contribution in [-0.2, 0) is 15.1 Å². The summed E-state index contributed by atoms with van der Waals surface area (Å²) in [5.74, 6) is 0.763. The molecule has 0 bridgehead atoms. The zero-order valence-electron chi connectivity index (χ0n) is 26.3. The van der Waals surface area contributed by atoms with E-state index in [4.69, 9.17) is 9.15 Å². The van der Waals surface area contributed by atoms with Gasteiger partial charge >= 0.3 is 6.09 Å². The first-order valence-corrected chi connectivity index (χ1v) is 15.2. The van der Waals surface area contributed by atoms with Crippen LogP contribution in [0.5, 0.6) is 0 Å². The molecule has 3 heterocycles. The second-order valence-corrected chi connectivity index (χ2v) is 13.5. The number of oxazole rings is 1. The van der Waals surface area contributed by atoms with Crippen LogP contribution >= 0.6 is 0 Å². The van der Waals surface area contributed by atoms with E-state index in [1.807, 2.05) is 20.8 Å². The van der Waals surface area contributed by atoms with Gasteiger partial charge in [0.2, 0.25) is 5.89 Å². The van der Waals surface area contributed by atoms with E-state index in [1.165, 1.54) is 11.2 Å². The molecule has 0 aromatic carbocycles. The number of nitrogens with zero attached hydrogens (tertiary/aromatic N) is 5. The molecular formula is C32H42N6O6. The number of carbonyl (C=O) groups excluding carboxylic acids is 3. The van der Waals surface area contributed by atoms with Gasteiger partial charge in [0.05, 0.1) is 11.7 Å². The van der Waals surface area contributed by atoms with E-state index in [0.29, 0.717) is 35.2 Å². The Morgan fingerprint density at radius 3 is 2.43 bits per heavy atom. The highest BCUT2D eigenvalue weighted by Gasteiger charge is 2.33. The molecule has 3 aromatic heterocycles. The number of pyridine rings is 1. The Labute approximate surface area is 257 Å². The van der Waals surface area contributed by atoms with E-state index in [0.717, 1.165) is 38.5 Å². The normalized spacial score (nSPS) is 19.0. The highest BCUT2D eigenvalue weighted by molar-refractivity contribution is 6.03. The standard InChI is InChI=1S/C32H42N6O6/c1-19(39)21-9-11-23(12-10-21)38-17-24(27(36-38)32(5,6)42)34-28(40)25-18-43-29(35-25)22-13-14-33-26(15-22)37(16-20-7-8-20)30(41)44-31(2,3)4/h13-15,17-18,20-21,23,42H,7-12,16H2,1-6H3,(H,34,40). The molecule has 0 spiro atoms. The molecule has 2 aliphatic carbocycles. The van der Waals surface area contributed by atoms with Crippen molar-refractivity contribution in [3.63, 3.8) is 0 Å². The van der Waals surface area contributed by atoms with E-state index in [1.54, 1.807) is 50.0 Å². The number of nitrogens with one attached hydrogen (secondary N) is 1. The molecular weight excluding hydrogens is 564 g/mol. The molecule has 3 aromatic rings. The van der Waals surface area contributed by atoms with E-state index in [2.05, 4.69) is 20.4 Å². The van der Waals surface area contributed by atoms with Crippen molar-refractivity contribution in [3.8, 4) is 11.5 Å². The van der Waals surface area contributed by atoms with Gasteiger partial charge in [-0.25, -0.2) is 14.8 Å². The fourth-order valence-electron chi connectivity index (χ4n) is 5.40. The lowest BCUT2D eigenvalue weighted by Gasteiger charge is -2.27. The first kappa shape index (κ1) is 31.4. The number of rotatable bonds is 9. The molecule has 0 aliphatic heterocycles. The van der Waals surface area contributed by atoms with Gasteiger partial charge in [0.1, 0.15) is 34.8 Å². The maximum atomic E-state index is 13.3. The van der Waals surface area contributed by atoms with Crippen LogP contribution in [0.3, 0.4) is 0 Å². The molecule has 2 aliphatic rings. The zero-order chi connectivity index (χ0) is 31.8. The van der Waals surface area contributed by atoms with Crippen molar-refractivity contribution in [2.45, 2.75) is 97.3 Å². The third-order valence-electron chi connectivity index (χ3n) is 7.96. The number of carbonyl (C=O) groups is 3. The monoisotopic (exact) mass is 606 g/mol. The Morgan fingerprint density at radius 1 is 1.11 bits per heavy atom. The van der Waals surface area contributed by atoms with Crippen molar-refractivity contribution in [2.75, 3.05) is 16.8 Å². The lowest BCUT2D eigenvalue weighted by Crippen LogP contribution is -2.38. The molecule has 12 nitrogen and oxygen atoms in total. The van der Waals surface area contributed by atoms with Crippen LogP contribution in [0.4, 0.5) is 16.3 Å². The molecule has 5 rings (SSSR count). The van der Waals surface area contributed by atoms with Crippen LogP contribution in [0.15, 0.2) is 35.2 Å². The third-order valence-corrected chi connectivity index (χ3v) is 7.96. The summed E-state index contributed by atoms with van der Waals surface area (Å²) in [6.07, 6.45) is 9.32. The van der Waals surface area contributed by atoms with Crippen molar-refractivity contribution >= 4 is 29.3 Å². The van der Waals surface area contributed by atoms with Gasteiger partial charge in [0, 0.05) is 30.4 Å². The lowest BCUT2D eigenvalue weighted by atomic mass is 9.84. The van der Waals surface area contributed by atoms with Gasteiger partial charge in [-0.05, 0) is 98.1 Å². The highest BCUT2D eigenvalue weighted by atomic mass is 16.6. The maximum Gasteiger partial charge on any atom is 0.416 e. The Hall–Kier alpha value is -4.06. The number of ether oxygens (including phenoxy) is 1. The number of anilines is 2. The summed E-state index contributed by atoms with van der Waals surface area (Å²) in [5.41, 5.74) is -0.674. The SMILES string of the molecule is CC(=O)C1CCC(n2cc(NC(=O)c3coc(-c4ccnc(N(CC5CC5)C(=O)OC(C)(C)C)c4)n3)c(C(C)(C)O)n2)CC1. The number of hydrogen-bond acceptors (Lipinski definition) is 9. The van der Waals surface area contributed by atoms with Crippen molar-refractivity contribution < 1.29 is 28.6 Å². The van der Waals surface area contributed by atoms with Crippen molar-refractivity contribution in [2.24, 2.45) is 11.8 Å². The molecule has 44 heavy (non-hydrogen) atoms. The van der Waals surface area contributed by atoms with Gasteiger partial charge in [0.25, 0.3) is 5.91 Å². The Bertz CT molecular complexity index is 1520. The molecule has 236 valence electrons. The average Bonchev–Trinajstić information content (AvgIpc) is 3.44. The first-order valence-electron chi connectivity index (χ1n) is 15.2. The summed E-state index contributed by atoms with van der Waals surface area (Å²) >= 11 is 0. The minimum atomic E-state index is -1.31. The molecule has 2 saturated carbocycles. The van der Waals surface area contributed by atoms with Gasteiger partial charge in [0.15, 0.2) is 5.69 Å². The lowest BCUT2D eigenvalue weighted by molar-refractivity contribution is -0.121. The van der Waals surface area contributed by atoms with Crippen LogP contribution < -0.4 is 10.2 Å². The number of amides is 2. The number of aliphatic hydroxyl groups is 1. The van der Waals surface area contributed by atoms with Crippen LogP contribution in [0.2, 0.25) is 0 Å². The first-order chi connectivity index (χ1) is 20.7. The molecule has 0 atom stereocenters. The predicted molar refractivity (Wildman–Crippen MR) is 163 cm³/mol. The number of ketones is 1. The van der Waals surface area contributed by atoms with Gasteiger partial charge in [-0.15, -0.1) is 0 Å². The second kappa shape index (κ2) is 12.1. The smallest absolute Gasteiger partial charge is 0.416 e. The van der Waals surface area contributed by atoms with Gasteiger partial charge in [-0.2, -0.15) is 5.10 Å². The van der Waals surface area contributed by atoms with Gasteiger partial charge < -0.3 is 19.6 Å². The molecule has 0 unspecified atom stereocenters. The van der Waals surface area contributed by atoms with E-state index < -0.39 is 23.2 Å². The second-order valence-electron chi connectivity index (χ2n) is 13.5. The summed E-state index contributed by atoms with van der Waals surface area (Å²) in [4.78, 5) is 48.5. The highest BCUT2D eigenvalue weighted by Crippen LogP contribution is 2.36. The van der Waals surface area contributed by atoms with E-state index in [-0.39, 0.29) is 29.3 Å². The predicted octanol–water partition coefficient (Wildman–Crippen LogP) is 5.88. The van der Waals surface area contributed by atoms with Crippen molar-refractivity contribution in [3.05, 3.63) is 42.2 Å². The zero-order valence-corrected chi connectivity index (χ0v) is 26.3. The maximum absolute atomic E-state index is 13.3. The molecule has 0 saturated heterocycles. The molecule has 2 N–H and O–H groups in total. The minimum Gasteiger partial charge on any atom is -0.444 e. The number of hydrogen-bond donors (Lipinski definition) is 2. The largest absolute Gasteiger partial charge is 0.444 e. The Morgan fingerprint density at radius 2 is 1.82 bits per heavy atom. The molecule has 2 amide bonds. The Balaban J connectivity index is 1.33. The summed E-state index contributed by atoms with van der Waals surface area (Å²) < 4.78 is 13.1. The summed E-state index contributed by atoms with van der Waals surface area (Å²) in [6, 6.07) is 3.45. The topological polar surface area (TPSA) is 153 Å². The number of Topliss-reactive ketones (excluding diaryl/α,β-unsaturated/α-hetero) is 1. The quantitative estimate of drug-likeness (QED) is 0.304. The molecule has 12 heteroatoms. The van der Waals surface area contributed by atoms with E-state index >= 15 is 0 Å². The van der Waals surface area contributed by atoms with Crippen molar-refractivity contribution in [1.29, 1.82) is 0 Å². The van der Waals surface area contributed by atoms with E-state index in [9.17, 15) is 19.5 Å². The molecule has 0 radical (unpaired) electrons. The van der Waals surface area contributed by atoms with Crippen molar-refractivity contribution in [1.82, 2.24) is 19.7 Å². The van der Waals surface area contributed by atoms with Gasteiger partial charge in [-0.3, -0.25) is 19.2 Å². The van der Waals surface area contributed by atoms with Crippen LogP contribution in [-0.4, -0.2) is 54.8 Å². The molecule has 2 fully saturated rings. The average molecular weight is 607 g/mol.